The van der Waals surface area contributed by atoms with Crippen LogP contribution in [0.5, 0.6) is 0 Å². The maximum atomic E-state index is 12.6. The van der Waals surface area contributed by atoms with E-state index >= 15 is 0 Å². The average Bonchev–Trinajstić information content (AvgIpc) is 2.89. The number of benzene rings is 1. The van der Waals surface area contributed by atoms with Crippen molar-refractivity contribution in [2.24, 2.45) is 5.92 Å². The molecule has 2 amide bonds. The molecule has 0 aliphatic carbocycles. The summed E-state index contributed by atoms with van der Waals surface area (Å²) in [5.41, 5.74) is 3.73. The molecule has 3 rings (SSSR count). The molecule has 0 fully saturated rings. The normalized spacial score (nSPS) is 17.6. The van der Waals surface area contributed by atoms with Gasteiger partial charge in [0.1, 0.15) is 0 Å². The Morgan fingerprint density at radius 2 is 2.16 bits per heavy atom. The molecule has 1 aliphatic rings. The minimum atomic E-state index is -0.425. The molecule has 0 saturated carbocycles. The van der Waals surface area contributed by atoms with E-state index in [1.165, 1.54) is 0 Å². The lowest BCUT2D eigenvalue weighted by molar-refractivity contribution is -0.126. The first-order valence-electron chi connectivity index (χ1n) is 8.61. The van der Waals surface area contributed by atoms with Crippen LogP contribution in [0, 0.1) is 19.8 Å². The minimum absolute atomic E-state index is 0.0949. The Kier molecular flexibility index (Phi) is 4.88. The van der Waals surface area contributed by atoms with Crippen LogP contribution in [0.15, 0.2) is 30.3 Å². The molecular weight excluding hydrogens is 316 g/mol. The van der Waals surface area contributed by atoms with Crippen LogP contribution in [0.1, 0.15) is 36.2 Å². The molecule has 2 atom stereocenters. The Labute approximate surface area is 147 Å². The van der Waals surface area contributed by atoms with Crippen LogP contribution < -0.4 is 10.6 Å². The number of rotatable bonds is 5. The summed E-state index contributed by atoms with van der Waals surface area (Å²) in [5, 5.41) is 10.3. The van der Waals surface area contributed by atoms with Crippen LogP contribution in [0.2, 0.25) is 0 Å². The number of anilines is 1. The van der Waals surface area contributed by atoms with Crippen LogP contribution in [0.4, 0.5) is 5.69 Å². The fourth-order valence-electron chi connectivity index (χ4n) is 3.26. The first-order valence-corrected chi connectivity index (χ1v) is 8.61. The highest BCUT2D eigenvalue weighted by atomic mass is 16.2. The predicted octanol–water partition coefficient (Wildman–Crippen LogP) is 2.38. The molecule has 25 heavy (non-hydrogen) atoms. The van der Waals surface area contributed by atoms with Crippen molar-refractivity contribution in [2.75, 3.05) is 11.9 Å². The van der Waals surface area contributed by atoms with Crippen LogP contribution in [-0.2, 0) is 16.1 Å². The number of aromatic nitrogens is 2. The minimum Gasteiger partial charge on any atom is -0.355 e. The van der Waals surface area contributed by atoms with E-state index in [2.05, 4.69) is 22.7 Å². The highest BCUT2D eigenvalue weighted by molar-refractivity contribution is 6.01. The molecule has 2 aromatic rings. The maximum Gasteiger partial charge on any atom is 0.228 e. The van der Waals surface area contributed by atoms with Crippen LogP contribution in [0.3, 0.4) is 0 Å². The molecule has 6 nitrogen and oxygen atoms in total. The fraction of sp³-hybridized carbons (Fsp3) is 0.421. The Morgan fingerprint density at radius 3 is 2.88 bits per heavy atom. The lowest BCUT2D eigenvalue weighted by atomic mass is 9.89. The number of nitrogens with zero attached hydrogens (tertiary/aromatic N) is 2. The van der Waals surface area contributed by atoms with Gasteiger partial charge in [0.25, 0.3) is 0 Å². The van der Waals surface area contributed by atoms with Crippen molar-refractivity contribution in [1.82, 2.24) is 15.1 Å². The van der Waals surface area contributed by atoms with Gasteiger partial charge < -0.3 is 10.6 Å². The van der Waals surface area contributed by atoms with E-state index in [0.717, 1.165) is 29.2 Å². The summed E-state index contributed by atoms with van der Waals surface area (Å²) in [6.07, 6.45) is 0.189. The first kappa shape index (κ1) is 17.2. The lowest BCUT2D eigenvalue weighted by Crippen LogP contribution is -2.37. The molecule has 0 saturated heterocycles. The van der Waals surface area contributed by atoms with Crippen molar-refractivity contribution in [1.29, 1.82) is 0 Å². The predicted molar refractivity (Wildman–Crippen MR) is 96.3 cm³/mol. The quantitative estimate of drug-likeness (QED) is 0.877. The van der Waals surface area contributed by atoms with Gasteiger partial charge in [-0.25, -0.2) is 0 Å². The molecule has 6 heteroatoms. The Bertz CT molecular complexity index is 796. The molecular formula is C19H24N4O2. The van der Waals surface area contributed by atoms with Crippen LogP contribution >= 0.6 is 0 Å². The van der Waals surface area contributed by atoms with Crippen LogP contribution in [-0.4, -0.2) is 28.1 Å². The van der Waals surface area contributed by atoms with Gasteiger partial charge in [0.15, 0.2) is 0 Å². The topological polar surface area (TPSA) is 76.0 Å². The van der Waals surface area contributed by atoms with E-state index in [-0.39, 0.29) is 24.2 Å². The number of aryl methyl sites for hydroxylation is 2. The van der Waals surface area contributed by atoms with Gasteiger partial charge in [-0.05, 0) is 37.5 Å². The third kappa shape index (κ3) is 3.90. The van der Waals surface area contributed by atoms with Gasteiger partial charge in [0, 0.05) is 30.9 Å². The molecule has 2 N–H and O–H groups in total. The zero-order chi connectivity index (χ0) is 18.0. The molecule has 0 bridgehead atoms. The number of hydrogen-bond donors (Lipinski definition) is 2. The zero-order valence-corrected chi connectivity index (χ0v) is 14.9. The number of amides is 2. The average molecular weight is 340 g/mol. The molecule has 0 spiro atoms. The summed E-state index contributed by atoms with van der Waals surface area (Å²) in [4.78, 5) is 24.5. The molecule has 132 valence electrons. The van der Waals surface area contributed by atoms with E-state index in [1.54, 1.807) is 0 Å². The van der Waals surface area contributed by atoms with Crippen molar-refractivity contribution >= 4 is 17.5 Å². The number of para-hydroxylation sites is 1. The third-order valence-corrected chi connectivity index (χ3v) is 4.53. The summed E-state index contributed by atoms with van der Waals surface area (Å²) in [6, 6.07) is 9.53. The van der Waals surface area contributed by atoms with E-state index in [9.17, 15) is 9.59 Å². The number of carbonyl (C=O) groups excluding carboxylic acids is 2. The number of carbonyl (C=O) groups is 2. The molecule has 0 radical (unpaired) electrons. The van der Waals surface area contributed by atoms with Crippen molar-refractivity contribution in [3.8, 4) is 0 Å². The smallest absolute Gasteiger partial charge is 0.228 e. The molecule has 2 unspecified atom stereocenters. The van der Waals surface area contributed by atoms with Crippen LogP contribution in [0.25, 0.3) is 0 Å². The number of fused-ring (bicyclic) bond motifs is 1. The second-order valence-electron chi connectivity index (χ2n) is 6.85. The first-order chi connectivity index (χ1) is 11.9. The van der Waals surface area contributed by atoms with Crippen molar-refractivity contribution in [3.63, 3.8) is 0 Å². The van der Waals surface area contributed by atoms with Gasteiger partial charge in [0.05, 0.1) is 11.6 Å². The summed E-state index contributed by atoms with van der Waals surface area (Å²) < 4.78 is 1.97. The molecule has 1 aromatic heterocycles. The zero-order valence-electron chi connectivity index (χ0n) is 14.9. The van der Waals surface area contributed by atoms with Gasteiger partial charge in [-0.2, -0.15) is 5.10 Å². The summed E-state index contributed by atoms with van der Waals surface area (Å²) >= 11 is 0. The van der Waals surface area contributed by atoms with E-state index in [0.29, 0.717) is 6.54 Å². The second kappa shape index (κ2) is 7.09. The number of nitrogens with one attached hydrogen (secondary N) is 2. The molecule has 2 heterocycles. The highest BCUT2D eigenvalue weighted by Gasteiger charge is 2.30. The SMILES string of the molecule is Cc1cc(C)n(CC(C)CNC(=O)C2CC(=O)Nc3ccccc32)n1. The van der Waals surface area contributed by atoms with Gasteiger partial charge in [-0.3, -0.25) is 14.3 Å². The Morgan fingerprint density at radius 1 is 1.40 bits per heavy atom. The summed E-state index contributed by atoms with van der Waals surface area (Å²) in [6.45, 7) is 7.39. The number of hydrogen-bond acceptors (Lipinski definition) is 3. The summed E-state index contributed by atoms with van der Waals surface area (Å²) in [5.74, 6) is -0.391. The lowest BCUT2D eigenvalue weighted by Gasteiger charge is -2.25. The van der Waals surface area contributed by atoms with Gasteiger partial charge in [-0.15, -0.1) is 0 Å². The molecule has 1 aliphatic heterocycles. The van der Waals surface area contributed by atoms with E-state index in [1.807, 2.05) is 48.9 Å². The van der Waals surface area contributed by atoms with Gasteiger partial charge >= 0.3 is 0 Å². The van der Waals surface area contributed by atoms with E-state index < -0.39 is 5.92 Å². The third-order valence-electron chi connectivity index (χ3n) is 4.53. The second-order valence-corrected chi connectivity index (χ2v) is 6.85. The van der Waals surface area contributed by atoms with Crippen molar-refractivity contribution in [2.45, 2.75) is 39.7 Å². The fourth-order valence-corrected chi connectivity index (χ4v) is 3.26. The standard InChI is InChI=1S/C19H24N4O2/c1-12(11-23-14(3)8-13(2)22-23)10-20-19(25)16-9-18(24)21-17-7-5-4-6-15(16)17/h4-8,12,16H,9-11H2,1-3H3,(H,20,25)(H,21,24). The highest BCUT2D eigenvalue weighted by Crippen LogP contribution is 2.31. The van der Waals surface area contributed by atoms with Crippen molar-refractivity contribution < 1.29 is 9.59 Å². The maximum absolute atomic E-state index is 12.6. The van der Waals surface area contributed by atoms with Gasteiger partial charge in [0.2, 0.25) is 11.8 Å². The monoisotopic (exact) mass is 340 g/mol. The van der Waals surface area contributed by atoms with E-state index in [4.69, 9.17) is 0 Å². The largest absolute Gasteiger partial charge is 0.355 e. The Balaban J connectivity index is 1.61. The van der Waals surface area contributed by atoms with Crippen molar-refractivity contribution in [3.05, 3.63) is 47.3 Å². The molecule has 1 aromatic carbocycles. The summed E-state index contributed by atoms with van der Waals surface area (Å²) in [7, 11) is 0. The van der Waals surface area contributed by atoms with Gasteiger partial charge in [-0.1, -0.05) is 25.1 Å². The Hall–Kier alpha value is -2.63.